The van der Waals surface area contributed by atoms with E-state index in [0.29, 0.717) is 5.69 Å². The fourth-order valence-electron chi connectivity index (χ4n) is 2.69. The highest BCUT2D eigenvalue weighted by molar-refractivity contribution is 5.92. The van der Waals surface area contributed by atoms with Crippen LogP contribution in [0.2, 0.25) is 0 Å². The van der Waals surface area contributed by atoms with E-state index in [1.165, 1.54) is 0 Å². The monoisotopic (exact) mass is 275 g/mol. The zero-order valence-electron chi connectivity index (χ0n) is 12.2. The van der Waals surface area contributed by atoms with Crippen molar-refractivity contribution in [1.29, 1.82) is 0 Å². The Kier molecular flexibility index (Phi) is 3.67. The summed E-state index contributed by atoms with van der Waals surface area (Å²) in [6, 6.07) is 0. The summed E-state index contributed by atoms with van der Waals surface area (Å²) in [6.45, 7) is 5.18. The number of rotatable bonds is 1. The second-order valence-electron chi connectivity index (χ2n) is 5.73. The molecule has 6 heteroatoms. The maximum atomic E-state index is 12.5. The van der Waals surface area contributed by atoms with E-state index in [9.17, 15) is 4.79 Å². The molecule has 2 aliphatic heterocycles. The molecule has 1 fully saturated rings. The Labute approximate surface area is 119 Å². The van der Waals surface area contributed by atoms with Gasteiger partial charge in [-0.3, -0.25) is 9.78 Å². The van der Waals surface area contributed by atoms with E-state index in [2.05, 4.69) is 33.9 Å². The smallest absolute Gasteiger partial charge is 0.274 e. The Bertz CT molecular complexity index is 510. The van der Waals surface area contributed by atoms with Gasteiger partial charge in [-0.15, -0.1) is 0 Å². The fourth-order valence-corrected chi connectivity index (χ4v) is 2.69. The van der Waals surface area contributed by atoms with Crippen LogP contribution in [-0.2, 0) is 13.0 Å². The fraction of sp³-hybridized carbons (Fsp3) is 0.643. The van der Waals surface area contributed by atoms with Crippen molar-refractivity contribution >= 4 is 5.91 Å². The van der Waals surface area contributed by atoms with Gasteiger partial charge in [0.1, 0.15) is 5.69 Å². The molecular weight excluding hydrogens is 254 g/mol. The summed E-state index contributed by atoms with van der Waals surface area (Å²) in [5, 5.41) is 0. The van der Waals surface area contributed by atoms with Gasteiger partial charge in [-0.25, -0.2) is 4.98 Å². The molecule has 0 unspecified atom stereocenters. The SMILES string of the molecule is CN1CCN(C(=O)c2cnc3c(n2)CN(C)CC3)CC1. The number of nitrogens with zero attached hydrogens (tertiary/aromatic N) is 5. The topological polar surface area (TPSA) is 52.6 Å². The molecule has 1 saturated heterocycles. The van der Waals surface area contributed by atoms with Gasteiger partial charge in [-0.05, 0) is 14.1 Å². The number of hydrogen-bond acceptors (Lipinski definition) is 5. The molecule has 1 amide bonds. The molecule has 1 aromatic rings. The first-order valence-corrected chi connectivity index (χ1v) is 7.14. The highest BCUT2D eigenvalue weighted by Crippen LogP contribution is 2.15. The predicted octanol–water partition coefficient (Wildman–Crippen LogP) is -0.148. The van der Waals surface area contributed by atoms with Gasteiger partial charge in [-0.1, -0.05) is 0 Å². The molecule has 0 aliphatic carbocycles. The first-order valence-electron chi connectivity index (χ1n) is 7.14. The summed E-state index contributed by atoms with van der Waals surface area (Å²) < 4.78 is 0. The quantitative estimate of drug-likeness (QED) is 0.713. The summed E-state index contributed by atoms with van der Waals surface area (Å²) in [7, 11) is 4.15. The Morgan fingerprint density at radius 3 is 2.55 bits per heavy atom. The van der Waals surface area contributed by atoms with Crippen LogP contribution in [0.25, 0.3) is 0 Å². The number of carbonyl (C=O) groups is 1. The molecule has 0 saturated carbocycles. The minimum Gasteiger partial charge on any atom is -0.335 e. The number of piperazine rings is 1. The molecular formula is C14H21N5O. The van der Waals surface area contributed by atoms with E-state index in [1.807, 2.05) is 4.90 Å². The van der Waals surface area contributed by atoms with Crippen LogP contribution in [0.1, 0.15) is 21.9 Å². The molecule has 0 N–H and O–H groups in total. The predicted molar refractivity (Wildman–Crippen MR) is 75.5 cm³/mol. The van der Waals surface area contributed by atoms with E-state index < -0.39 is 0 Å². The van der Waals surface area contributed by atoms with Crippen LogP contribution in [0, 0.1) is 0 Å². The van der Waals surface area contributed by atoms with Gasteiger partial charge in [0.05, 0.1) is 17.6 Å². The van der Waals surface area contributed by atoms with Crippen LogP contribution in [0.5, 0.6) is 0 Å². The molecule has 0 radical (unpaired) electrons. The average Bonchev–Trinajstić information content (AvgIpc) is 2.46. The summed E-state index contributed by atoms with van der Waals surface area (Å²) in [6.07, 6.45) is 2.56. The van der Waals surface area contributed by atoms with E-state index in [1.54, 1.807) is 6.20 Å². The second-order valence-corrected chi connectivity index (χ2v) is 5.73. The lowest BCUT2D eigenvalue weighted by Crippen LogP contribution is -2.47. The Balaban J connectivity index is 1.77. The van der Waals surface area contributed by atoms with Gasteiger partial charge >= 0.3 is 0 Å². The largest absolute Gasteiger partial charge is 0.335 e. The highest BCUT2D eigenvalue weighted by atomic mass is 16.2. The lowest BCUT2D eigenvalue weighted by atomic mass is 10.1. The van der Waals surface area contributed by atoms with Crippen molar-refractivity contribution in [3.8, 4) is 0 Å². The third-order valence-corrected chi connectivity index (χ3v) is 4.09. The molecule has 0 atom stereocenters. The van der Waals surface area contributed by atoms with Crippen molar-refractivity contribution in [2.24, 2.45) is 0 Å². The molecule has 3 rings (SSSR count). The summed E-state index contributed by atoms with van der Waals surface area (Å²) >= 11 is 0. The number of fused-ring (bicyclic) bond motifs is 1. The van der Waals surface area contributed by atoms with Crippen molar-refractivity contribution in [3.63, 3.8) is 0 Å². The van der Waals surface area contributed by atoms with Crippen LogP contribution in [0.3, 0.4) is 0 Å². The number of hydrogen-bond donors (Lipinski definition) is 0. The molecule has 108 valence electrons. The Morgan fingerprint density at radius 1 is 1.05 bits per heavy atom. The molecule has 0 aromatic carbocycles. The Hall–Kier alpha value is -1.53. The van der Waals surface area contributed by atoms with E-state index in [-0.39, 0.29) is 5.91 Å². The lowest BCUT2D eigenvalue weighted by molar-refractivity contribution is 0.0657. The zero-order valence-corrected chi connectivity index (χ0v) is 12.2. The van der Waals surface area contributed by atoms with Crippen LogP contribution < -0.4 is 0 Å². The molecule has 2 aliphatic rings. The van der Waals surface area contributed by atoms with E-state index in [0.717, 1.165) is 57.1 Å². The summed E-state index contributed by atoms with van der Waals surface area (Å²) in [4.78, 5) is 27.8. The maximum Gasteiger partial charge on any atom is 0.274 e. The van der Waals surface area contributed by atoms with Crippen LogP contribution >= 0.6 is 0 Å². The Morgan fingerprint density at radius 2 is 1.80 bits per heavy atom. The number of carbonyl (C=O) groups excluding carboxylic acids is 1. The molecule has 0 bridgehead atoms. The molecule has 6 nitrogen and oxygen atoms in total. The maximum absolute atomic E-state index is 12.5. The van der Waals surface area contributed by atoms with E-state index >= 15 is 0 Å². The normalized spacial score (nSPS) is 20.8. The van der Waals surface area contributed by atoms with Crippen LogP contribution in [0.4, 0.5) is 0 Å². The summed E-state index contributed by atoms with van der Waals surface area (Å²) in [5.74, 6) is 0.0154. The third kappa shape index (κ3) is 2.66. The van der Waals surface area contributed by atoms with Crippen molar-refractivity contribution in [2.45, 2.75) is 13.0 Å². The van der Waals surface area contributed by atoms with Gasteiger partial charge < -0.3 is 14.7 Å². The van der Waals surface area contributed by atoms with Crippen molar-refractivity contribution in [2.75, 3.05) is 46.8 Å². The first-order chi connectivity index (χ1) is 9.63. The average molecular weight is 275 g/mol. The van der Waals surface area contributed by atoms with Gasteiger partial charge in [0.15, 0.2) is 0 Å². The van der Waals surface area contributed by atoms with Crippen molar-refractivity contribution in [3.05, 3.63) is 23.3 Å². The minimum absolute atomic E-state index is 0.0154. The molecule has 0 spiro atoms. The van der Waals surface area contributed by atoms with Crippen LogP contribution in [0.15, 0.2) is 6.20 Å². The van der Waals surface area contributed by atoms with Crippen molar-refractivity contribution in [1.82, 2.24) is 24.7 Å². The number of amides is 1. The van der Waals surface area contributed by atoms with Gasteiger partial charge in [-0.2, -0.15) is 0 Å². The van der Waals surface area contributed by atoms with E-state index in [4.69, 9.17) is 0 Å². The highest BCUT2D eigenvalue weighted by Gasteiger charge is 2.23. The standard InChI is InChI=1S/C14H21N5O/c1-17-5-7-19(8-6-17)14(20)12-9-15-11-3-4-18(2)10-13(11)16-12/h9H,3-8,10H2,1-2H3. The number of likely N-dealkylation sites (N-methyl/N-ethyl adjacent to an activating group) is 2. The van der Waals surface area contributed by atoms with Crippen molar-refractivity contribution < 1.29 is 4.79 Å². The zero-order chi connectivity index (χ0) is 14.1. The molecule has 20 heavy (non-hydrogen) atoms. The number of aromatic nitrogens is 2. The van der Waals surface area contributed by atoms with Crippen LogP contribution in [-0.4, -0.2) is 77.4 Å². The lowest BCUT2D eigenvalue weighted by Gasteiger charge is -2.32. The summed E-state index contributed by atoms with van der Waals surface area (Å²) in [5.41, 5.74) is 2.49. The molecule has 1 aromatic heterocycles. The first kappa shape index (κ1) is 13.5. The minimum atomic E-state index is 0.0154. The third-order valence-electron chi connectivity index (χ3n) is 4.09. The second kappa shape index (κ2) is 5.46. The molecule has 3 heterocycles. The van der Waals surface area contributed by atoms with Gasteiger partial charge in [0.2, 0.25) is 0 Å². The van der Waals surface area contributed by atoms with Gasteiger partial charge in [0, 0.05) is 45.7 Å². The van der Waals surface area contributed by atoms with Gasteiger partial charge in [0.25, 0.3) is 5.91 Å².